The quantitative estimate of drug-likeness (QED) is 0.659. The Balaban J connectivity index is 1.49. The average Bonchev–Trinajstić information content (AvgIpc) is 3.01. The van der Waals surface area contributed by atoms with Crippen LogP contribution in [0.15, 0.2) is 36.5 Å². The zero-order valence-electron chi connectivity index (χ0n) is 12.3. The van der Waals surface area contributed by atoms with E-state index in [4.69, 9.17) is 4.74 Å². The van der Waals surface area contributed by atoms with E-state index in [1.807, 2.05) is 24.3 Å². The lowest BCUT2D eigenvalue weighted by atomic mass is 9.97. The summed E-state index contributed by atoms with van der Waals surface area (Å²) in [5.41, 5.74) is 1.14. The molecule has 0 saturated carbocycles. The maximum absolute atomic E-state index is 11.9. The van der Waals surface area contributed by atoms with Crippen molar-refractivity contribution in [1.82, 2.24) is 15.1 Å². The monoisotopic (exact) mass is 316 g/mol. The minimum absolute atomic E-state index is 0.0436. The van der Waals surface area contributed by atoms with Crippen molar-refractivity contribution in [3.8, 4) is 5.75 Å². The molecule has 0 bridgehead atoms. The van der Waals surface area contributed by atoms with Gasteiger partial charge in [0.25, 0.3) is 0 Å². The molecular formula is C15H16N4O4. The van der Waals surface area contributed by atoms with Crippen LogP contribution < -0.4 is 10.1 Å². The van der Waals surface area contributed by atoms with Crippen LogP contribution in [0, 0.1) is 16.0 Å². The highest BCUT2D eigenvalue weighted by Gasteiger charge is 2.20. The fraction of sp³-hybridized carbons (Fsp3) is 0.333. The summed E-state index contributed by atoms with van der Waals surface area (Å²) < 4.78 is 6.92. The van der Waals surface area contributed by atoms with Gasteiger partial charge in [0, 0.05) is 12.5 Å². The Morgan fingerprint density at radius 1 is 1.43 bits per heavy atom. The predicted molar refractivity (Wildman–Crippen MR) is 81.0 cm³/mol. The number of amides is 1. The molecule has 8 nitrogen and oxygen atoms in total. The normalized spacial score (nSPS) is 16.3. The minimum atomic E-state index is -0.592. The summed E-state index contributed by atoms with van der Waals surface area (Å²) in [6.45, 7) is 1.01. The first kappa shape index (κ1) is 15.0. The average molecular weight is 316 g/mol. The molecule has 1 amide bonds. The predicted octanol–water partition coefficient (Wildman–Crippen LogP) is 1.16. The molecule has 0 fully saturated rings. The van der Waals surface area contributed by atoms with Crippen molar-refractivity contribution in [2.24, 2.45) is 5.92 Å². The first-order valence-corrected chi connectivity index (χ1v) is 7.27. The van der Waals surface area contributed by atoms with Crippen LogP contribution in [-0.2, 0) is 17.8 Å². The smallest absolute Gasteiger partial charge is 0.389 e. The van der Waals surface area contributed by atoms with E-state index in [1.54, 1.807) is 0 Å². The van der Waals surface area contributed by atoms with Crippen LogP contribution in [-0.4, -0.2) is 33.8 Å². The number of carbonyl (C=O) groups excluding carboxylic acids is 1. The van der Waals surface area contributed by atoms with E-state index in [9.17, 15) is 14.9 Å². The number of aromatic nitrogens is 2. The second kappa shape index (κ2) is 6.47. The fourth-order valence-electron chi connectivity index (χ4n) is 2.52. The molecule has 23 heavy (non-hydrogen) atoms. The number of carbonyl (C=O) groups is 1. The van der Waals surface area contributed by atoms with Crippen LogP contribution in [0.2, 0.25) is 0 Å². The standard InChI is InChI=1S/C15H16N4O4/c20-15(9-18-6-5-14(17-18)19(21)22)16-8-11-7-12-3-1-2-4-13(12)23-10-11/h1-6,11H,7-10H2,(H,16,20)/t11-/m1/s1. The van der Waals surface area contributed by atoms with Gasteiger partial charge in [-0.2, -0.15) is 4.68 Å². The molecule has 0 aliphatic carbocycles. The highest BCUT2D eigenvalue weighted by molar-refractivity contribution is 5.75. The molecule has 0 saturated heterocycles. The van der Waals surface area contributed by atoms with E-state index in [0.29, 0.717) is 13.2 Å². The Labute approximate surface area is 132 Å². The summed E-state index contributed by atoms with van der Waals surface area (Å²) in [5.74, 6) is 0.608. The lowest BCUT2D eigenvalue weighted by Crippen LogP contribution is -2.36. The summed E-state index contributed by atoms with van der Waals surface area (Å²) in [7, 11) is 0. The molecule has 1 aromatic carbocycles. The Bertz CT molecular complexity index is 728. The number of nitrogens with one attached hydrogen (secondary N) is 1. The van der Waals surface area contributed by atoms with Gasteiger partial charge in [-0.15, -0.1) is 0 Å². The van der Waals surface area contributed by atoms with Crippen LogP contribution in [0.3, 0.4) is 0 Å². The third-order valence-electron chi connectivity index (χ3n) is 3.66. The summed E-state index contributed by atoms with van der Waals surface area (Å²) in [6, 6.07) is 9.12. The van der Waals surface area contributed by atoms with E-state index in [2.05, 4.69) is 10.4 Å². The zero-order chi connectivity index (χ0) is 16.2. The molecule has 1 aromatic heterocycles. The van der Waals surface area contributed by atoms with Gasteiger partial charge >= 0.3 is 5.82 Å². The summed E-state index contributed by atoms with van der Waals surface area (Å²) in [5, 5.41) is 17.1. The Kier molecular flexibility index (Phi) is 4.22. The topological polar surface area (TPSA) is 99.3 Å². The van der Waals surface area contributed by atoms with Gasteiger partial charge in [-0.1, -0.05) is 18.2 Å². The molecular weight excluding hydrogens is 300 g/mol. The van der Waals surface area contributed by atoms with E-state index in [0.717, 1.165) is 17.7 Å². The van der Waals surface area contributed by atoms with E-state index in [-0.39, 0.29) is 24.2 Å². The molecule has 2 heterocycles. The van der Waals surface area contributed by atoms with Crippen molar-refractivity contribution in [2.75, 3.05) is 13.2 Å². The lowest BCUT2D eigenvalue weighted by molar-refractivity contribution is -0.389. The van der Waals surface area contributed by atoms with E-state index < -0.39 is 4.92 Å². The number of rotatable bonds is 5. The number of hydrogen-bond acceptors (Lipinski definition) is 5. The van der Waals surface area contributed by atoms with Crippen molar-refractivity contribution in [3.05, 3.63) is 52.2 Å². The molecule has 2 aromatic rings. The highest BCUT2D eigenvalue weighted by atomic mass is 16.6. The van der Waals surface area contributed by atoms with Gasteiger partial charge in [-0.05, 0) is 23.0 Å². The number of benzene rings is 1. The first-order valence-electron chi connectivity index (χ1n) is 7.27. The number of para-hydroxylation sites is 1. The van der Waals surface area contributed by atoms with Crippen LogP contribution in [0.5, 0.6) is 5.75 Å². The van der Waals surface area contributed by atoms with Crippen LogP contribution in [0.4, 0.5) is 5.82 Å². The molecule has 0 unspecified atom stereocenters. The number of fused-ring (bicyclic) bond motifs is 1. The largest absolute Gasteiger partial charge is 0.493 e. The number of nitrogens with zero attached hydrogens (tertiary/aromatic N) is 3. The van der Waals surface area contributed by atoms with Gasteiger partial charge in [0.1, 0.15) is 12.3 Å². The molecule has 0 radical (unpaired) electrons. The fourth-order valence-corrected chi connectivity index (χ4v) is 2.52. The Morgan fingerprint density at radius 3 is 3.04 bits per heavy atom. The van der Waals surface area contributed by atoms with Crippen LogP contribution >= 0.6 is 0 Å². The minimum Gasteiger partial charge on any atom is -0.493 e. The lowest BCUT2D eigenvalue weighted by Gasteiger charge is -2.25. The molecule has 1 aliphatic heterocycles. The van der Waals surface area contributed by atoms with Gasteiger partial charge in [0.2, 0.25) is 5.91 Å². The number of ether oxygens (including phenoxy) is 1. The molecule has 8 heteroatoms. The maximum atomic E-state index is 11.9. The van der Waals surface area contributed by atoms with Gasteiger partial charge in [-0.3, -0.25) is 4.79 Å². The third kappa shape index (κ3) is 3.65. The van der Waals surface area contributed by atoms with E-state index >= 15 is 0 Å². The molecule has 1 N–H and O–H groups in total. The second-order valence-corrected chi connectivity index (χ2v) is 5.42. The zero-order valence-corrected chi connectivity index (χ0v) is 12.3. The van der Waals surface area contributed by atoms with Crippen LogP contribution in [0.1, 0.15) is 5.56 Å². The SMILES string of the molecule is O=C(Cn1ccc([N+](=O)[O-])n1)NC[C@@H]1COc2ccccc2C1. The number of nitro groups is 1. The Hall–Kier alpha value is -2.90. The van der Waals surface area contributed by atoms with Gasteiger partial charge in [0.15, 0.2) is 0 Å². The molecule has 120 valence electrons. The molecule has 1 atom stereocenters. The summed E-state index contributed by atoms with van der Waals surface area (Å²) in [4.78, 5) is 21.9. The number of hydrogen-bond donors (Lipinski definition) is 1. The molecule has 3 rings (SSSR count). The highest BCUT2D eigenvalue weighted by Crippen LogP contribution is 2.26. The molecule has 1 aliphatic rings. The first-order chi connectivity index (χ1) is 11.1. The Morgan fingerprint density at radius 2 is 2.26 bits per heavy atom. The summed E-state index contributed by atoms with van der Waals surface area (Å²) >= 11 is 0. The molecule has 0 spiro atoms. The van der Waals surface area contributed by atoms with Gasteiger partial charge in [-0.25, -0.2) is 0 Å². The van der Waals surface area contributed by atoms with Gasteiger partial charge in [0.05, 0.1) is 24.0 Å². The third-order valence-corrected chi connectivity index (χ3v) is 3.66. The van der Waals surface area contributed by atoms with Gasteiger partial charge < -0.3 is 20.2 Å². The van der Waals surface area contributed by atoms with Crippen LogP contribution in [0.25, 0.3) is 0 Å². The van der Waals surface area contributed by atoms with E-state index in [1.165, 1.54) is 16.9 Å². The maximum Gasteiger partial charge on any atom is 0.389 e. The van der Waals surface area contributed by atoms with Crippen molar-refractivity contribution in [2.45, 2.75) is 13.0 Å². The second-order valence-electron chi connectivity index (χ2n) is 5.42. The van der Waals surface area contributed by atoms with Crippen molar-refractivity contribution < 1.29 is 14.5 Å². The van der Waals surface area contributed by atoms with Crippen molar-refractivity contribution in [1.29, 1.82) is 0 Å². The van der Waals surface area contributed by atoms with Crippen molar-refractivity contribution in [3.63, 3.8) is 0 Å². The summed E-state index contributed by atoms with van der Waals surface area (Å²) in [6.07, 6.45) is 2.27. The van der Waals surface area contributed by atoms with Crippen molar-refractivity contribution >= 4 is 11.7 Å².